The first-order valence-corrected chi connectivity index (χ1v) is 7.17. The Morgan fingerprint density at radius 1 is 1.35 bits per heavy atom. The lowest BCUT2D eigenvalue weighted by molar-refractivity contribution is 0.364. The first-order chi connectivity index (χ1) is 11.1. The first-order valence-electron chi connectivity index (χ1n) is 7.17. The number of nitrogens with zero attached hydrogens (tertiary/aromatic N) is 4. The third kappa shape index (κ3) is 2.30. The number of imidazole rings is 1. The van der Waals surface area contributed by atoms with E-state index >= 15 is 0 Å². The Hall–Kier alpha value is -2.97. The zero-order valence-corrected chi connectivity index (χ0v) is 12.0. The van der Waals surface area contributed by atoms with E-state index in [1.54, 1.807) is 23.0 Å². The monoisotopic (exact) mass is 316 g/mol. The summed E-state index contributed by atoms with van der Waals surface area (Å²) in [6.45, 7) is 0.864. The summed E-state index contributed by atoms with van der Waals surface area (Å²) >= 11 is 0. The van der Waals surface area contributed by atoms with E-state index in [9.17, 15) is 14.0 Å². The minimum absolute atomic E-state index is 0.234. The van der Waals surface area contributed by atoms with E-state index in [0.29, 0.717) is 30.0 Å². The van der Waals surface area contributed by atoms with Crippen LogP contribution in [0.25, 0.3) is 16.9 Å². The molecule has 0 aromatic carbocycles. The van der Waals surface area contributed by atoms with Crippen LogP contribution in [0.15, 0.2) is 34.2 Å². The number of alkyl halides is 1. The zero-order valence-electron chi connectivity index (χ0n) is 12.0. The molecule has 1 unspecified atom stereocenters. The van der Waals surface area contributed by atoms with Crippen molar-refractivity contribution in [1.29, 1.82) is 0 Å². The second-order valence-electron chi connectivity index (χ2n) is 5.43. The van der Waals surface area contributed by atoms with E-state index in [1.807, 2.05) is 4.90 Å². The molecule has 0 spiro atoms. The molecular weight excluding hydrogens is 303 g/mol. The van der Waals surface area contributed by atoms with Crippen molar-refractivity contribution >= 4 is 11.3 Å². The van der Waals surface area contributed by atoms with Gasteiger partial charge in [-0.25, -0.2) is 18.7 Å². The van der Waals surface area contributed by atoms with E-state index in [0.717, 1.165) is 0 Å². The summed E-state index contributed by atoms with van der Waals surface area (Å²) in [6, 6.07) is 1.70. The summed E-state index contributed by atoms with van der Waals surface area (Å²) in [5, 5.41) is 4.34. The largest absolute Gasteiger partial charge is 0.365 e. The fraction of sp³-hybridized carbons (Fsp3) is 0.286. The van der Waals surface area contributed by atoms with Crippen LogP contribution in [0.2, 0.25) is 0 Å². The van der Waals surface area contributed by atoms with E-state index in [4.69, 9.17) is 0 Å². The van der Waals surface area contributed by atoms with Crippen molar-refractivity contribution in [2.24, 2.45) is 0 Å². The smallest absolute Gasteiger partial charge is 0.325 e. The van der Waals surface area contributed by atoms with Crippen molar-refractivity contribution in [2.75, 3.05) is 18.0 Å². The van der Waals surface area contributed by atoms with Crippen molar-refractivity contribution < 1.29 is 4.39 Å². The minimum atomic E-state index is -0.877. The summed E-state index contributed by atoms with van der Waals surface area (Å²) < 4.78 is 15.1. The second kappa shape index (κ2) is 5.04. The molecule has 0 radical (unpaired) electrons. The standard InChI is InChI=1S/C14H13FN6O2/c15-8-1-3-20(7-8)11-5-10(19-21-4-2-16-12(11)21)9-6-17-14(23)18-13(9)22/h2,4-6,8H,1,3,7H2,(H2,17,18,22,23). The van der Waals surface area contributed by atoms with Crippen LogP contribution < -0.4 is 16.1 Å². The molecule has 0 amide bonds. The van der Waals surface area contributed by atoms with Gasteiger partial charge in [0.25, 0.3) is 5.56 Å². The van der Waals surface area contributed by atoms with Gasteiger partial charge >= 0.3 is 5.69 Å². The third-order valence-electron chi connectivity index (χ3n) is 3.91. The lowest BCUT2D eigenvalue weighted by atomic mass is 10.2. The van der Waals surface area contributed by atoms with Crippen molar-refractivity contribution in [3.05, 3.63) is 45.5 Å². The molecule has 0 saturated carbocycles. The second-order valence-corrected chi connectivity index (χ2v) is 5.43. The average Bonchev–Trinajstić information content (AvgIpc) is 3.14. The number of nitrogens with one attached hydrogen (secondary N) is 2. The summed E-state index contributed by atoms with van der Waals surface area (Å²) in [7, 11) is 0. The highest BCUT2D eigenvalue weighted by atomic mass is 19.1. The predicted molar refractivity (Wildman–Crippen MR) is 81.4 cm³/mol. The summed E-state index contributed by atoms with van der Waals surface area (Å²) in [6.07, 6.45) is 4.15. The molecule has 0 bridgehead atoms. The van der Waals surface area contributed by atoms with Crippen LogP contribution in [0.3, 0.4) is 0 Å². The molecule has 1 aliphatic rings. The maximum absolute atomic E-state index is 13.5. The number of anilines is 1. The number of fused-ring (bicyclic) bond motifs is 1. The number of H-pyrrole nitrogens is 2. The van der Waals surface area contributed by atoms with Gasteiger partial charge in [-0.15, -0.1) is 0 Å². The maximum Gasteiger partial charge on any atom is 0.325 e. The summed E-state index contributed by atoms with van der Waals surface area (Å²) in [5.41, 5.74) is 0.816. The Balaban J connectivity index is 1.91. The predicted octanol–water partition coefficient (Wildman–Crippen LogP) is 0.321. The molecule has 3 aromatic heterocycles. The fourth-order valence-corrected chi connectivity index (χ4v) is 2.80. The first kappa shape index (κ1) is 13.7. The highest BCUT2D eigenvalue weighted by Crippen LogP contribution is 2.28. The SMILES string of the molecule is O=c1[nH]cc(-c2cc(N3CCC(F)C3)c3nccn3n2)c(=O)[nH]1. The van der Waals surface area contributed by atoms with Gasteiger partial charge in [0.05, 0.1) is 11.3 Å². The number of aromatic amines is 2. The number of hydrogen-bond donors (Lipinski definition) is 2. The molecule has 1 aliphatic heterocycles. The molecule has 4 rings (SSSR count). The Kier molecular flexibility index (Phi) is 3.00. The number of rotatable bonds is 2. The summed E-state index contributed by atoms with van der Waals surface area (Å²) in [5.74, 6) is 0. The molecule has 1 saturated heterocycles. The fourth-order valence-electron chi connectivity index (χ4n) is 2.80. The van der Waals surface area contributed by atoms with Gasteiger partial charge in [-0.05, 0) is 12.5 Å². The molecular formula is C14H13FN6O2. The van der Waals surface area contributed by atoms with Crippen molar-refractivity contribution in [3.63, 3.8) is 0 Å². The molecule has 8 nitrogen and oxygen atoms in total. The molecule has 118 valence electrons. The molecule has 1 atom stereocenters. The molecule has 1 fully saturated rings. The molecule has 9 heteroatoms. The third-order valence-corrected chi connectivity index (χ3v) is 3.91. The average molecular weight is 316 g/mol. The normalized spacial score (nSPS) is 18.0. The maximum atomic E-state index is 13.5. The molecule has 0 aliphatic carbocycles. The van der Waals surface area contributed by atoms with Crippen LogP contribution in [0.1, 0.15) is 6.42 Å². The van der Waals surface area contributed by atoms with Gasteiger partial charge < -0.3 is 9.88 Å². The summed E-state index contributed by atoms with van der Waals surface area (Å²) in [4.78, 5) is 33.9. The lowest BCUT2D eigenvalue weighted by Crippen LogP contribution is -2.24. The van der Waals surface area contributed by atoms with Gasteiger partial charge in [0.1, 0.15) is 11.9 Å². The van der Waals surface area contributed by atoms with E-state index in [1.165, 1.54) is 6.20 Å². The number of halogens is 1. The Labute approximate surface area is 128 Å². The molecule has 3 aromatic rings. The van der Waals surface area contributed by atoms with Crippen LogP contribution >= 0.6 is 0 Å². The minimum Gasteiger partial charge on any atom is -0.365 e. The highest BCUT2D eigenvalue weighted by Gasteiger charge is 2.25. The van der Waals surface area contributed by atoms with Gasteiger partial charge in [-0.2, -0.15) is 5.10 Å². The Morgan fingerprint density at radius 2 is 2.22 bits per heavy atom. The van der Waals surface area contributed by atoms with Gasteiger partial charge in [0.15, 0.2) is 5.65 Å². The highest BCUT2D eigenvalue weighted by molar-refractivity contribution is 5.74. The molecule has 2 N–H and O–H groups in total. The van der Waals surface area contributed by atoms with Crippen LogP contribution in [0.4, 0.5) is 10.1 Å². The van der Waals surface area contributed by atoms with Gasteiger partial charge in [-0.3, -0.25) is 9.78 Å². The Bertz CT molecular complexity index is 991. The van der Waals surface area contributed by atoms with Gasteiger partial charge in [-0.1, -0.05) is 0 Å². The lowest BCUT2D eigenvalue weighted by Gasteiger charge is -2.18. The van der Waals surface area contributed by atoms with Crippen molar-refractivity contribution in [3.8, 4) is 11.3 Å². The van der Waals surface area contributed by atoms with E-state index in [-0.39, 0.29) is 12.1 Å². The van der Waals surface area contributed by atoms with Crippen LogP contribution in [-0.4, -0.2) is 43.8 Å². The topological polar surface area (TPSA) is 99.2 Å². The van der Waals surface area contributed by atoms with Crippen molar-refractivity contribution in [1.82, 2.24) is 24.6 Å². The van der Waals surface area contributed by atoms with E-state index < -0.39 is 17.4 Å². The van der Waals surface area contributed by atoms with Gasteiger partial charge in [0, 0.05) is 31.7 Å². The van der Waals surface area contributed by atoms with Crippen molar-refractivity contribution in [2.45, 2.75) is 12.6 Å². The Morgan fingerprint density at radius 3 is 2.96 bits per heavy atom. The number of hydrogen-bond acceptors (Lipinski definition) is 5. The van der Waals surface area contributed by atoms with Crippen LogP contribution in [-0.2, 0) is 0 Å². The van der Waals surface area contributed by atoms with Gasteiger partial charge in [0.2, 0.25) is 0 Å². The van der Waals surface area contributed by atoms with Crippen LogP contribution in [0.5, 0.6) is 0 Å². The number of aromatic nitrogens is 5. The van der Waals surface area contributed by atoms with E-state index in [2.05, 4.69) is 20.1 Å². The zero-order chi connectivity index (χ0) is 16.0. The van der Waals surface area contributed by atoms with Crippen LogP contribution in [0, 0.1) is 0 Å². The molecule has 23 heavy (non-hydrogen) atoms. The quantitative estimate of drug-likeness (QED) is 0.709. The molecule has 4 heterocycles.